The highest BCUT2D eigenvalue weighted by molar-refractivity contribution is 5.96. The van der Waals surface area contributed by atoms with E-state index in [4.69, 9.17) is 4.74 Å². The van der Waals surface area contributed by atoms with Crippen molar-refractivity contribution >= 4 is 5.78 Å². The molecule has 2 aliphatic rings. The van der Waals surface area contributed by atoms with Crippen molar-refractivity contribution in [3.05, 3.63) is 59.7 Å². The van der Waals surface area contributed by atoms with Crippen LogP contribution in [0.25, 0.3) is 0 Å². The maximum Gasteiger partial charge on any atom is 0.163 e. The Labute approximate surface area is 199 Å². The summed E-state index contributed by atoms with van der Waals surface area (Å²) in [4.78, 5) is 15.5. The number of hydrogen-bond donors (Lipinski definition) is 1. The second kappa shape index (κ2) is 9.99. The summed E-state index contributed by atoms with van der Waals surface area (Å²) in [6, 6.07) is 16.0. The normalized spacial score (nSPS) is 21.0. The van der Waals surface area contributed by atoms with Crippen LogP contribution in [0, 0.1) is 5.92 Å². The Kier molecular flexibility index (Phi) is 7.25. The molecule has 4 heteroatoms. The molecule has 2 saturated heterocycles. The van der Waals surface area contributed by atoms with Gasteiger partial charge in [0.25, 0.3) is 0 Å². The molecular formula is C29H40N2O2. The predicted octanol–water partition coefficient (Wildman–Crippen LogP) is 6.59. The minimum Gasteiger partial charge on any atom is -0.457 e. The van der Waals surface area contributed by atoms with Gasteiger partial charge in [0.1, 0.15) is 11.5 Å². The number of rotatable bonds is 7. The standard InChI is InChI=1S/C29H40N2O2/c1-28(2)19-23(20-29(3,4)30-28)18-27(32)24-11-13-25(14-12-24)33-26-10-8-9-22(17-26)21-31-15-6-5-7-16-31/h8-14,17,23,30H,5-7,15-16,18-21H2,1-4H3. The fourth-order valence-corrected chi connectivity index (χ4v) is 5.99. The molecule has 4 rings (SSSR count). The van der Waals surface area contributed by atoms with Crippen LogP contribution in [0.2, 0.25) is 0 Å². The summed E-state index contributed by atoms with van der Waals surface area (Å²) in [5.74, 6) is 2.25. The van der Waals surface area contributed by atoms with Crippen LogP contribution in [-0.2, 0) is 6.54 Å². The molecule has 2 heterocycles. The molecule has 33 heavy (non-hydrogen) atoms. The van der Waals surface area contributed by atoms with Crippen molar-refractivity contribution in [3.63, 3.8) is 0 Å². The van der Waals surface area contributed by atoms with Crippen LogP contribution in [0.5, 0.6) is 11.5 Å². The minimum atomic E-state index is 0.0624. The third kappa shape index (κ3) is 6.91. The zero-order valence-electron chi connectivity index (χ0n) is 20.8. The number of ether oxygens (including phenoxy) is 1. The average Bonchev–Trinajstić information content (AvgIpc) is 2.73. The first-order valence-electron chi connectivity index (χ1n) is 12.6. The van der Waals surface area contributed by atoms with Crippen LogP contribution < -0.4 is 10.1 Å². The summed E-state index contributed by atoms with van der Waals surface area (Å²) in [6.07, 6.45) is 6.61. The van der Waals surface area contributed by atoms with Crippen molar-refractivity contribution in [2.45, 2.75) is 83.8 Å². The van der Waals surface area contributed by atoms with Gasteiger partial charge in [0, 0.05) is 29.6 Å². The summed E-state index contributed by atoms with van der Waals surface area (Å²) in [5.41, 5.74) is 2.18. The molecule has 0 amide bonds. The number of carbonyl (C=O) groups excluding carboxylic acids is 1. The van der Waals surface area contributed by atoms with Gasteiger partial charge < -0.3 is 10.1 Å². The second-order valence-electron chi connectivity index (χ2n) is 11.4. The van der Waals surface area contributed by atoms with Gasteiger partial charge >= 0.3 is 0 Å². The number of benzene rings is 2. The maximum absolute atomic E-state index is 13.0. The van der Waals surface area contributed by atoms with Crippen molar-refractivity contribution in [3.8, 4) is 11.5 Å². The lowest BCUT2D eigenvalue weighted by molar-refractivity contribution is 0.0864. The van der Waals surface area contributed by atoms with Gasteiger partial charge in [0.05, 0.1) is 0 Å². The highest BCUT2D eigenvalue weighted by atomic mass is 16.5. The van der Waals surface area contributed by atoms with Gasteiger partial charge in [-0.3, -0.25) is 9.69 Å². The Morgan fingerprint density at radius 1 is 0.939 bits per heavy atom. The quantitative estimate of drug-likeness (QED) is 0.485. The zero-order valence-corrected chi connectivity index (χ0v) is 20.8. The number of ketones is 1. The summed E-state index contributed by atoms with van der Waals surface area (Å²) in [5, 5.41) is 3.70. The van der Waals surface area contributed by atoms with Crippen molar-refractivity contribution in [1.82, 2.24) is 10.2 Å². The van der Waals surface area contributed by atoms with Gasteiger partial charge in [-0.25, -0.2) is 0 Å². The van der Waals surface area contributed by atoms with Gasteiger partial charge in [-0.1, -0.05) is 18.6 Å². The fraction of sp³-hybridized carbons (Fsp3) is 0.552. The molecule has 0 radical (unpaired) electrons. The number of nitrogens with one attached hydrogen (secondary N) is 1. The first kappa shape index (κ1) is 24.0. The summed E-state index contributed by atoms with van der Waals surface area (Å²) < 4.78 is 6.11. The first-order chi connectivity index (χ1) is 15.7. The van der Waals surface area contributed by atoms with E-state index in [1.807, 2.05) is 30.3 Å². The lowest BCUT2D eigenvalue weighted by Crippen LogP contribution is -2.57. The van der Waals surface area contributed by atoms with Gasteiger partial charge in [-0.05, 0) is 114 Å². The van der Waals surface area contributed by atoms with Crippen LogP contribution in [0.4, 0.5) is 0 Å². The van der Waals surface area contributed by atoms with Crippen LogP contribution >= 0.6 is 0 Å². The SMILES string of the molecule is CC1(C)CC(CC(=O)c2ccc(Oc3cccc(CN4CCCCC4)c3)cc2)CC(C)(C)N1. The highest BCUT2D eigenvalue weighted by Gasteiger charge is 2.38. The Bertz CT molecular complexity index is 926. The van der Waals surface area contributed by atoms with Gasteiger partial charge in [-0.2, -0.15) is 0 Å². The Morgan fingerprint density at radius 3 is 2.27 bits per heavy atom. The molecule has 0 saturated carbocycles. The average molecular weight is 449 g/mol. The molecular weight excluding hydrogens is 408 g/mol. The molecule has 0 unspecified atom stereocenters. The minimum absolute atomic E-state index is 0.0624. The first-order valence-corrected chi connectivity index (χ1v) is 12.6. The van der Waals surface area contributed by atoms with Crippen LogP contribution in [-0.4, -0.2) is 34.9 Å². The monoisotopic (exact) mass is 448 g/mol. The van der Waals surface area contributed by atoms with E-state index in [0.29, 0.717) is 12.3 Å². The Balaban J connectivity index is 1.34. The Morgan fingerprint density at radius 2 is 1.61 bits per heavy atom. The largest absolute Gasteiger partial charge is 0.457 e. The Hall–Kier alpha value is -2.17. The predicted molar refractivity (Wildman–Crippen MR) is 135 cm³/mol. The summed E-state index contributed by atoms with van der Waals surface area (Å²) in [7, 11) is 0. The van der Waals surface area contributed by atoms with Crippen LogP contribution in [0.3, 0.4) is 0 Å². The third-order valence-corrected chi connectivity index (χ3v) is 6.91. The lowest BCUT2D eigenvalue weighted by atomic mass is 9.74. The number of hydrogen-bond acceptors (Lipinski definition) is 4. The van der Waals surface area contributed by atoms with E-state index in [1.54, 1.807) is 0 Å². The van der Waals surface area contributed by atoms with E-state index in [0.717, 1.165) is 36.4 Å². The van der Waals surface area contributed by atoms with Crippen molar-refractivity contribution in [1.29, 1.82) is 0 Å². The summed E-state index contributed by atoms with van der Waals surface area (Å²) in [6.45, 7) is 12.3. The maximum atomic E-state index is 13.0. The van der Waals surface area contributed by atoms with Crippen LogP contribution in [0.15, 0.2) is 48.5 Å². The molecule has 2 aromatic carbocycles. The lowest BCUT2D eigenvalue weighted by Gasteiger charge is -2.46. The van der Waals surface area contributed by atoms with Gasteiger partial charge in [0.15, 0.2) is 5.78 Å². The number of piperidine rings is 2. The number of carbonyl (C=O) groups is 1. The molecule has 4 nitrogen and oxygen atoms in total. The number of likely N-dealkylation sites (tertiary alicyclic amines) is 1. The highest BCUT2D eigenvalue weighted by Crippen LogP contribution is 2.35. The van der Waals surface area contributed by atoms with Gasteiger partial charge in [-0.15, -0.1) is 0 Å². The fourth-order valence-electron chi connectivity index (χ4n) is 5.99. The molecule has 0 bridgehead atoms. The molecule has 2 aromatic rings. The molecule has 0 aromatic heterocycles. The van der Waals surface area contributed by atoms with Crippen molar-refractivity contribution < 1.29 is 9.53 Å². The van der Waals surface area contributed by atoms with E-state index in [-0.39, 0.29) is 16.9 Å². The molecule has 2 aliphatic heterocycles. The molecule has 178 valence electrons. The number of nitrogens with zero attached hydrogens (tertiary/aromatic N) is 1. The van der Waals surface area contributed by atoms with Crippen LogP contribution in [0.1, 0.15) is 82.1 Å². The van der Waals surface area contributed by atoms with E-state index in [9.17, 15) is 4.79 Å². The van der Waals surface area contributed by atoms with E-state index in [1.165, 1.54) is 37.9 Å². The molecule has 0 spiro atoms. The number of Topliss-reactive ketones (excluding diaryl/α,β-unsaturated/α-hetero) is 1. The van der Waals surface area contributed by atoms with E-state index >= 15 is 0 Å². The van der Waals surface area contributed by atoms with Gasteiger partial charge in [0.2, 0.25) is 0 Å². The zero-order chi connectivity index (χ0) is 23.5. The van der Waals surface area contributed by atoms with E-state index in [2.05, 4.69) is 56.1 Å². The molecule has 1 N–H and O–H groups in total. The third-order valence-electron chi connectivity index (χ3n) is 6.91. The van der Waals surface area contributed by atoms with Crippen molar-refractivity contribution in [2.24, 2.45) is 5.92 Å². The summed E-state index contributed by atoms with van der Waals surface area (Å²) >= 11 is 0. The smallest absolute Gasteiger partial charge is 0.163 e. The molecule has 0 atom stereocenters. The second-order valence-corrected chi connectivity index (χ2v) is 11.4. The molecule has 2 fully saturated rings. The molecule has 0 aliphatic carbocycles. The topological polar surface area (TPSA) is 41.6 Å². The van der Waals surface area contributed by atoms with E-state index < -0.39 is 0 Å². The van der Waals surface area contributed by atoms with Crippen molar-refractivity contribution in [2.75, 3.05) is 13.1 Å².